The summed E-state index contributed by atoms with van der Waals surface area (Å²) in [6.45, 7) is 10.3. The molecule has 2 heterocycles. The normalized spacial score (nSPS) is 17.4. The third kappa shape index (κ3) is 10.6. The fraction of sp³-hybridized carbons (Fsp3) is 0.735. The van der Waals surface area contributed by atoms with E-state index in [1.807, 2.05) is 6.20 Å². The fourth-order valence-corrected chi connectivity index (χ4v) is 5.65. The van der Waals surface area contributed by atoms with Gasteiger partial charge in [0.2, 0.25) is 0 Å². The van der Waals surface area contributed by atoms with Crippen LogP contribution in [0.2, 0.25) is 0 Å². The van der Waals surface area contributed by atoms with Gasteiger partial charge in [-0.15, -0.1) is 0 Å². The van der Waals surface area contributed by atoms with Gasteiger partial charge in [-0.25, -0.2) is 0 Å². The molecule has 2 atom stereocenters. The standard InChI is InChI=1S/C34H55NO4/c1-6-7-8-9-10-11-12-13-14-15-16-17-18-19-32(36)38-25-29(33(2,3)37)28-24-35-30-21-20-26(22-27(28)30)23-31-34(4,5)39-31/h20-22,24,29,31,35,37H,6-19,23,25H2,1-5H3. The molecule has 0 aliphatic carbocycles. The molecule has 1 aliphatic heterocycles. The third-order valence-corrected chi connectivity index (χ3v) is 8.49. The quantitative estimate of drug-likeness (QED) is 0.0998. The number of ether oxygens (including phenoxy) is 2. The van der Waals surface area contributed by atoms with Crippen LogP contribution < -0.4 is 0 Å². The predicted molar refractivity (Wildman–Crippen MR) is 161 cm³/mol. The van der Waals surface area contributed by atoms with Crippen molar-refractivity contribution in [3.05, 3.63) is 35.5 Å². The number of esters is 1. The molecule has 0 spiro atoms. The first-order chi connectivity index (χ1) is 18.6. The van der Waals surface area contributed by atoms with Gasteiger partial charge >= 0.3 is 5.97 Å². The van der Waals surface area contributed by atoms with Gasteiger partial charge in [0.1, 0.15) is 6.61 Å². The number of unbranched alkanes of at least 4 members (excludes halogenated alkanes) is 12. The van der Waals surface area contributed by atoms with Gasteiger partial charge in [0.05, 0.1) is 17.3 Å². The lowest BCUT2D eigenvalue weighted by molar-refractivity contribution is -0.145. The second kappa shape index (κ2) is 15.2. The SMILES string of the molecule is CCCCCCCCCCCCCCCC(=O)OCC(c1c[nH]c2ccc(CC3OC3(C)C)cc12)C(C)(C)O. The van der Waals surface area contributed by atoms with Crippen LogP contribution in [0.1, 0.15) is 142 Å². The lowest BCUT2D eigenvalue weighted by Crippen LogP contribution is -2.33. The molecule has 0 amide bonds. The minimum Gasteiger partial charge on any atom is -0.465 e. The van der Waals surface area contributed by atoms with Gasteiger partial charge in [0.15, 0.2) is 0 Å². The number of carbonyl (C=O) groups is 1. The molecule has 1 aliphatic rings. The Kier molecular flexibility index (Phi) is 12.4. The minimum atomic E-state index is -1.03. The van der Waals surface area contributed by atoms with Crippen LogP contribution in [-0.4, -0.2) is 40.0 Å². The van der Waals surface area contributed by atoms with Gasteiger partial charge in [-0.2, -0.15) is 0 Å². The number of hydrogen-bond donors (Lipinski definition) is 2. The average molecular weight is 542 g/mol. The first-order valence-corrected chi connectivity index (χ1v) is 15.8. The Balaban J connectivity index is 1.37. The van der Waals surface area contributed by atoms with Gasteiger partial charge in [-0.05, 0) is 57.4 Å². The molecule has 1 fully saturated rings. The molecule has 1 saturated heterocycles. The van der Waals surface area contributed by atoms with E-state index in [0.717, 1.165) is 35.7 Å². The van der Waals surface area contributed by atoms with E-state index in [1.165, 1.54) is 76.2 Å². The number of nitrogens with one attached hydrogen (secondary N) is 1. The van der Waals surface area contributed by atoms with Crippen molar-refractivity contribution in [2.75, 3.05) is 6.61 Å². The number of aromatic nitrogens is 1. The summed E-state index contributed by atoms with van der Waals surface area (Å²) in [5, 5.41) is 12.1. The van der Waals surface area contributed by atoms with E-state index in [1.54, 1.807) is 13.8 Å². The van der Waals surface area contributed by atoms with Crippen LogP contribution in [-0.2, 0) is 20.7 Å². The lowest BCUT2D eigenvalue weighted by Gasteiger charge is -2.29. The second-order valence-corrected chi connectivity index (χ2v) is 12.9. The monoisotopic (exact) mass is 541 g/mol. The smallest absolute Gasteiger partial charge is 0.305 e. The van der Waals surface area contributed by atoms with Crippen molar-refractivity contribution in [3.8, 4) is 0 Å². The maximum atomic E-state index is 12.5. The van der Waals surface area contributed by atoms with E-state index in [2.05, 4.69) is 44.0 Å². The highest BCUT2D eigenvalue weighted by Gasteiger charge is 2.47. The Morgan fingerprint density at radius 1 is 1.00 bits per heavy atom. The van der Waals surface area contributed by atoms with E-state index >= 15 is 0 Å². The van der Waals surface area contributed by atoms with Crippen LogP contribution in [0.25, 0.3) is 10.9 Å². The van der Waals surface area contributed by atoms with Crippen LogP contribution in [0, 0.1) is 0 Å². The van der Waals surface area contributed by atoms with Gasteiger partial charge < -0.3 is 19.6 Å². The summed E-state index contributed by atoms with van der Waals surface area (Å²) < 4.78 is 11.5. The second-order valence-electron chi connectivity index (χ2n) is 12.9. The minimum absolute atomic E-state index is 0.0486. The molecule has 0 bridgehead atoms. The largest absolute Gasteiger partial charge is 0.465 e. The van der Waals surface area contributed by atoms with Gasteiger partial charge in [0, 0.05) is 35.9 Å². The molecule has 2 unspecified atom stereocenters. The maximum Gasteiger partial charge on any atom is 0.305 e. The van der Waals surface area contributed by atoms with Gasteiger partial charge in [-0.1, -0.05) is 90.0 Å². The summed E-state index contributed by atoms with van der Waals surface area (Å²) in [4.78, 5) is 15.9. The summed E-state index contributed by atoms with van der Waals surface area (Å²) in [6, 6.07) is 6.41. The summed E-state index contributed by atoms with van der Waals surface area (Å²) in [7, 11) is 0. The number of aliphatic hydroxyl groups is 1. The van der Waals surface area contributed by atoms with Crippen molar-refractivity contribution in [1.82, 2.24) is 4.98 Å². The van der Waals surface area contributed by atoms with Crippen molar-refractivity contribution in [1.29, 1.82) is 0 Å². The summed E-state index contributed by atoms with van der Waals surface area (Å²) >= 11 is 0. The van der Waals surface area contributed by atoms with E-state index in [0.29, 0.717) is 6.42 Å². The molecular weight excluding hydrogens is 486 g/mol. The lowest BCUT2D eigenvalue weighted by atomic mass is 9.85. The Morgan fingerprint density at radius 3 is 2.10 bits per heavy atom. The number of hydrogen-bond acceptors (Lipinski definition) is 4. The Hall–Kier alpha value is -1.85. The highest BCUT2D eigenvalue weighted by Crippen LogP contribution is 2.39. The molecule has 220 valence electrons. The Bertz CT molecular complexity index is 1000. The van der Waals surface area contributed by atoms with E-state index in [4.69, 9.17) is 9.47 Å². The molecule has 1 aromatic carbocycles. The molecule has 1 aromatic heterocycles. The number of aromatic amines is 1. The zero-order valence-electron chi connectivity index (χ0n) is 25.4. The Morgan fingerprint density at radius 2 is 1.56 bits per heavy atom. The first-order valence-electron chi connectivity index (χ1n) is 15.8. The number of H-pyrrole nitrogens is 1. The number of carbonyl (C=O) groups excluding carboxylic acids is 1. The molecule has 0 saturated carbocycles. The van der Waals surface area contributed by atoms with Gasteiger partial charge in [-0.3, -0.25) is 4.79 Å². The van der Waals surface area contributed by atoms with Gasteiger partial charge in [0.25, 0.3) is 0 Å². The predicted octanol–water partition coefficient (Wildman–Crippen LogP) is 8.77. The average Bonchev–Trinajstić information content (AvgIpc) is 3.27. The third-order valence-electron chi connectivity index (χ3n) is 8.49. The van der Waals surface area contributed by atoms with E-state index in [9.17, 15) is 9.90 Å². The van der Waals surface area contributed by atoms with Crippen LogP contribution in [0.3, 0.4) is 0 Å². The highest BCUT2D eigenvalue weighted by molar-refractivity contribution is 5.84. The molecule has 3 rings (SSSR count). The molecule has 2 N–H and O–H groups in total. The number of benzene rings is 1. The maximum absolute atomic E-state index is 12.5. The van der Waals surface area contributed by atoms with Crippen LogP contribution in [0.15, 0.2) is 24.4 Å². The number of fused-ring (bicyclic) bond motifs is 1. The Labute approximate surface area is 237 Å². The van der Waals surface area contributed by atoms with Crippen molar-refractivity contribution >= 4 is 16.9 Å². The summed E-state index contributed by atoms with van der Waals surface area (Å²) in [5.74, 6) is -0.480. The van der Waals surface area contributed by atoms with Crippen molar-refractivity contribution < 1.29 is 19.4 Å². The zero-order chi connectivity index (χ0) is 28.3. The topological polar surface area (TPSA) is 74.9 Å². The first kappa shape index (κ1) is 31.7. The molecule has 39 heavy (non-hydrogen) atoms. The molecule has 2 aromatic rings. The summed E-state index contributed by atoms with van der Waals surface area (Å²) in [5.41, 5.74) is 2.16. The molecule has 0 radical (unpaired) electrons. The van der Waals surface area contributed by atoms with E-state index < -0.39 is 5.60 Å². The van der Waals surface area contributed by atoms with E-state index in [-0.39, 0.29) is 30.2 Å². The molecular formula is C34H55NO4. The van der Waals surface area contributed by atoms with Crippen molar-refractivity contribution in [2.45, 2.75) is 154 Å². The van der Waals surface area contributed by atoms with Crippen LogP contribution in [0.4, 0.5) is 0 Å². The zero-order valence-corrected chi connectivity index (χ0v) is 25.4. The molecule has 5 heteroatoms. The summed E-state index contributed by atoms with van der Waals surface area (Å²) in [6.07, 6.45) is 20.2. The van der Waals surface area contributed by atoms with Crippen molar-refractivity contribution in [3.63, 3.8) is 0 Å². The number of epoxide rings is 1. The highest BCUT2D eigenvalue weighted by atomic mass is 16.6. The van der Waals surface area contributed by atoms with Crippen LogP contribution >= 0.6 is 0 Å². The molecule has 5 nitrogen and oxygen atoms in total. The fourth-order valence-electron chi connectivity index (χ4n) is 5.65. The van der Waals surface area contributed by atoms with Crippen molar-refractivity contribution in [2.24, 2.45) is 0 Å². The number of rotatable bonds is 20. The van der Waals surface area contributed by atoms with Crippen LogP contribution in [0.5, 0.6) is 0 Å².